The van der Waals surface area contributed by atoms with Gasteiger partial charge in [0.25, 0.3) is 0 Å². The van der Waals surface area contributed by atoms with Crippen molar-refractivity contribution >= 4 is 5.91 Å². The molecule has 13 heavy (non-hydrogen) atoms. The van der Waals surface area contributed by atoms with Gasteiger partial charge in [-0.2, -0.15) is 0 Å². The first kappa shape index (κ1) is 12.0. The Labute approximate surface area is 80.1 Å². The number of terminal acetylenes is 1. The highest BCUT2D eigenvalue weighted by atomic mass is 16.1. The highest BCUT2D eigenvalue weighted by Gasteiger charge is 2.25. The van der Waals surface area contributed by atoms with Crippen LogP contribution < -0.4 is 11.1 Å². The van der Waals surface area contributed by atoms with Crippen molar-refractivity contribution in [1.82, 2.24) is 5.32 Å². The summed E-state index contributed by atoms with van der Waals surface area (Å²) in [5.41, 5.74) is 5.34. The van der Waals surface area contributed by atoms with E-state index in [1.807, 2.05) is 13.8 Å². The fraction of sp³-hybridized carbons (Fsp3) is 0.700. The van der Waals surface area contributed by atoms with Crippen molar-refractivity contribution in [3.05, 3.63) is 0 Å². The van der Waals surface area contributed by atoms with Gasteiger partial charge in [0.2, 0.25) is 5.91 Å². The molecule has 3 N–H and O–H groups in total. The summed E-state index contributed by atoms with van der Waals surface area (Å²) >= 11 is 0. The third-order valence-corrected chi connectivity index (χ3v) is 2.41. The zero-order valence-electron chi connectivity index (χ0n) is 8.39. The summed E-state index contributed by atoms with van der Waals surface area (Å²) in [7, 11) is 0. The van der Waals surface area contributed by atoms with Crippen LogP contribution in [0.5, 0.6) is 0 Å². The van der Waals surface area contributed by atoms with E-state index in [1.165, 1.54) is 0 Å². The van der Waals surface area contributed by atoms with Crippen LogP contribution in [-0.4, -0.2) is 18.0 Å². The molecule has 3 heteroatoms. The summed E-state index contributed by atoms with van der Waals surface area (Å²) in [6.07, 6.45) is 6.82. The number of hydrogen-bond donors (Lipinski definition) is 2. The van der Waals surface area contributed by atoms with E-state index in [0.717, 1.165) is 12.8 Å². The van der Waals surface area contributed by atoms with Crippen LogP contribution in [0, 0.1) is 12.3 Å². The van der Waals surface area contributed by atoms with Crippen molar-refractivity contribution in [3.8, 4) is 12.3 Å². The molecule has 0 aromatic heterocycles. The van der Waals surface area contributed by atoms with Crippen molar-refractivity contribution in [3.63, 3.8) is 0 Å². The fourth-order valence-corrected chi connectivity index (χ4v) is 1.20. The summed E-state index contributed by atoms with van der Waals surface area (Å²) in [6.45, 7) is 4.47. The lowest BCUT2D eigenvalue weighted by Crippen LogP contribution is -2.52. The van der Waals surface area contributed by atoms with E-state index in [-0.39, 0.29) is 17.9 Å². The smallest absolute Gasteiger partial charge is 0.232 e. The number of carbonyl (C=O) groups is 1. The van der Waals surface area contributed by atoms with Crippen LogP contribution in [0.1, 0.15) is 33.1 Å². The Morgan fingerprint density at radius 2 is 2.08 bits per heavy atom. The molecule has 0 saturated carbocycles. The number of nitrogens with two attached hydrogens (primary N) is 1. The number of carbonyl (C=O) groups excluding carboxylic acids is 1. The highest BCUT2D eigenvalue weighted by molar-refractivity contribution is 5.79. The van der Waals surface area contributed by atoms with Gasteiger partial charge in [-0.1, -0.05) is 19.8 Å². The van der Waals surface area contributed by atoms with E-state index < -0.39 is 0 Å². The molecule has 74 valence electrons. The Kier molecular flexibility index (Phi) is 5.17. The first-order valence-electron chi connectivity index (χ1n) is 4.58. The number of hydrogen-bond acceptors (Lipinski definition) is 2. The van der Waals surface area contributed by atoms with Gasteiger partial charge in [-0.25, -0.2) is 0 Å². The largest absolute Gasteiger partial charge is 0.349 e. The number of amides is 1. The molecule has 0 rings (SSSR count). The Balaban J connectivity index is 4.26. The van der Waals surface area contributed by atoms with Crippen LogP contribution in [0.4, 0.5) is 0 Å². The Morgan fingerprint density at radius 1 is 1.54 bits per heavy atom. The fourth-order valence-electron chi connectivity index (χ4n) is 1.20. The van der Waals surface area contributed by atoms with E-state index in [1.54, 1.807) is 0 Å². The molecule has 0 aromatic rings. The lowest BCUT2D eigenvalue weighted by Gasteiger charge is -2.31. The first-order chi connectivity index (χ1) is 6.14. The molecule has 0 heterocycles. The summed E-state index contributed by atoms with van der Waals surface area (Å²) < 4.78 is 0. The van der Waals surface area contributed by atoms with E-state index >= 15 is 0 Å². The van der Waals surface area contributed by atoms with E-state index in [9.17, 15) is 4.79 Å². The van der Waals surface area contributed by atoms with Crippen LogP contribution >= 0.6 is 0 Å². The van der Waals surface area contributed by atoms with Crippen molar-refractivity contribution in [1.29, 1.82) is 0 Å². The minimum atomic E-state index is -0.270. The van der Waals surface area contributed by atoms with Gasteiger partial charge in [0.15, 0.2) is 0 Å². The molecule has 0 saturated heterocycles. The maximum atomic E-state index is 11.2. The molecule has 0 aliphatic carbocycles. The standard InChI is InChI=1S/C10H18N2O/c1-4-7-9(13)12-10(5-2,6-3)8-11/h1H,5-8,11H2,2-3H3,(H,12,13). The van der Waals surface area contributed by atoms with Gasteiger partial charge in [-0.05, 0) is 12.8 Å². The Morgan fingerprint density at radius 3 is 2.38 bits per heavy atom. The third kappa shape index (κ3) is 3.47. The number of nitrogens with one attached hydrogen (secondary N) is 1. The van der Waals surface area contributed by atoms with Crippen molar-refractivity contribution in [2.45, 2.75) is 38.6 Å². The maximum Gasteiger partial charge on any atom is 0.232 e. The average molecular weight is 182 g/mol. The van der Waals surface area contributed by atoms with Gasteiger partial charge in [-0.3, -0.25) is 4.79 Å². The molecule has 0 atom stereocenters. The minimum Gasteiger partial charge on any atom is -0.349 e. The van der Waals surface area contributed by atoms with Crippen LogP contribution in [0.3, 0.4) is 0 Å². The average Bonchev–Trinajstić information content (AvgIpc) is 2.15. The van der Waals surface area contributed by atoms with Crippen molar-refractivity contribution in [2.24, 2.45) is 5.73 Å². The molecule has 0 aliphatic rings. The first-order valence-corrected chi connectivity index (χ1v) is 4.58. The number of rotatable bonds is 5. The van der Waals surface area contributed by atoms with Gasteiger partial charge in [-0.15, -0.1) is 6.42 Å². The van der Waals surface area contributed by atoms with Gasteiger partial charge >= 0.3 is 0 Å². The second kappa shape index (κ2) is 5.60. The Bertz CT molecular complexity index is 193. The molecule has 0 radical (unpaired) electrons. The van der Waals surface area contributed by atoms with Gasteiger partial charge in [0.05, 0.1) is 12.0 Å². The molecular weight excluding hydrogens is 164 g/mol. The van der Waals surface area contributed by atoms with E-state index in [0.29, 0.717) is 6.54 Å². The summed E-state index contributed by atoms with van der Waals surface area (Å²) in [4.78, 5) is 11.2. The second-order valence-corrected chi connectivity index (χ2v) is 3.12. The minimum absolute atomic E-state index is 0.114. The predicted molar refractivity (Wildman–Crippen MR) is 54.0 cm³/mol. The third-order valence-electron chi connectivity index (χ3n) is 2.41. The van der Waals surface area contributed by atoms with Gasteiger partial charge < -0.3 is 11.1 Å². The zero-order chi connectivity index (χ0) is 10.3. The van der Waals surface area contributed by atoms with Crippen LogP contribution in [-0.2, 0) is 4.79 Å². The van der Waals surface area contributed by atoms with Crippen LogP contribution in [0.25, 0.3) is 0 Å². The van der Waals surface area contributed by atoms with E-state index in [2.05, 4.69) is 11.2 Å². The zero-order valence-corrected chi connectivity index (χ0v) is 8.39. The molecular formula is C10H18N2O. The molecule has 0 aliphatic heterocycles. The van der Waals surface area contributed by atoms with Crippen molar-refractivity contribution in [2.75, 3.05) is 6.54 Å². The predicted octanol–water partition coefficient (Wildman–Crippen LogP) is 0.643. The van der Waals surface area contributed by atoms with Crippen LogP contribution in [0.2, 0.25) is 0 Å². The quantitative estimate of drug-likeness (QED) is 0.613. The molecule has 0 aromatic carbocycles. The molecule has 0 fully saturated rings. The lowest BCUT2D eigenvalue weighted by atomic mass is 9.93. The molecule has 0 unspecified atom stereocenters. The summed E-state index contributed by atoms with van der Waals surface area (Å²) in [5.74, 6) is 2.20. The molecule has 1 amide bonds. The summed E-state index contributed by atoms with van der Waals surface area (Å²) in [5, 5.41) is 2.87. The van der Waals surface area contributed by atoms with Crippen molar-refractivity contribution < 1.29 is 4.79 Å². The maximum absolute atomic E-state index is 11.2. The molecule has 0 bridgehead atoms. The van der Waals surface area contributed by atoms with E-state index in [4.69, 9.17) is 12.2 Å². The lowest BCUT2D eigenvalue weighted by molar-refractivity contribution is -0.122. The van der Waals surface area contributed by atoms with Gasteiger partial charge in [0.1, 0.15) is 0 Å². The molecule has 0 spiro atoms. The SMILES string of the molecule is C#CCC(=O)NC(CC)(CC)CN. The van der Waals surface area contributed by atoms with Crippen LogP contribution in [0.15, 0.2) is 0 Å². The highest BCUT2D eigenvalue weighted by Crippen LogP contribution is 2.12. The monoisotopic (exact) mass is 182 g/mol. The molecule has 3 nitrogen and oxygen atoms in total. The Hall–Kier alpha value is -1.01. The second-order valence-electron chi connectivity index (χ2n) is 3.12. The normalized spacial score (nSPS) is 10.6. The summed E-state index contributed by atoms with van der Waals surface area (Å²) in [6, 6.07) is 0. The topological polar surface area (TPSA) is 55.1 Å². The van der Waals surface area contributed by atoms with Gasteiger partial charge in [0, 0.05) is 6.54 Å².